The van der Waals surface area contributed by atoms with E-state index in [1.807, 2.05) is 48.2 Å². The van der Waals surface area contributed by atoms with Gasteiger partial charge in [-0.3, -0.25) is 4.79 Å². The van der Waals surface area contributed by atoms with Gasteiger partial charge in [-0.25, -0.2) is 0 Å². The van der Waals surface area contributed by atoms with Crippen LogP contribution >= 0.6 is 11.8 Å². The average Bonchev–Trinajstić information content (AvgIpc) is 2.55. The summed E-state index contributed by atoms with van der Waals surface area (Å²) in [5.41, 5.74) is 1.92. The van der Waals surface area contributed by atoms with Gasteiger partial charge in [0.2, 0.25) is 5.91 Å². The minimum atomic E-state index is -0.0101. The number of fused-ring (bicyclic) bond motifs is 1. The molecule has 0 radical (unpaired) electrons. The zero-order chi connectivity index (χ0) is 16.2. The van der Waals surface area contributed by atoms with Crippen LogP contribution in [0.1, 0.15) is 6.92 Å². The number of nitrogens with zero attached hydrogens (tertiary/aromatic N) is 1. The molecule has 0 saturated heterocycles. The molecule has 0 unspecified atom stereocenters. The predicted octanol–water partition coefficient (Wildman–Crippen LogP) is 3.63. The van der Waals surface area contributed by atoms with Crippen LogP contribution in [0.25, 0.3) is 0 Å². The van der Waals surface area contributed by atoms with E-state index in [9.17, 15) is 4.79 Å². The Hall–Kier alpha value is -2.14. The van der Waals surface area contributed by atoms with Crippen molar-refractivity contribution < 1.29 is 9.53 Å². The Morgan fingerprint density at radius 2 is 2.00 bits per heavy atom. The van der Waals surface area contributed by atoms with E-state index >= 15 is 0 Å². The van der Waals surface area contributed by atoms with Gasteiger partial charge in [0.05, 0.1) is 19.3 Å². The van der Waals surface area contributed by atoms with Gasteiger partial charge in [0, 0.05) is 22.4 Å². The van der Waals surface area contributed by atoms with Crippen LogP contribution in [0.15, 0.2) is 53.4 Å². The van der Waals surface area contributed by atoms with Crippen molar-refractivity contribution in [2.75, 3.05) is 30.4 Å². The fourth-order valence-corrected chi connectivity index (χ4v) is 3.84. The third-order valence-corrected chi connectivity index (χ3v) is 4.87. The van der Waals surface area contributed by atoms with Gasteiger partial charge in [0.15, 0.2) is 0 Å². The first-order valence-corrected chi connectivity index (χ1v) is 8.48. The molecule has 1 amide bonds. The molecule has 4 nitrogen and oxygen atoms in total. The molecule has 1 aliphatic heterocycles. The summed E-state index contributed by atoms with van der Waals surface area (Å²) < 4.78 is 5.12. The number of anilines is 2. The van der Waals surface area contributed by atoms with Crippen molar-refractivity contribution in [3.8, 4) is 5.75 Å². The van der Waals surface area contributed by atoms with E-state index < -0.39 is 0 Å². The maximum atomic E-state index is 12.4. The van der Waals surface area contributed by atoms with Gasteiger partial charge in [-0.1, -0.05) is 19.1 Å². The Bertz CT molecular complexity index is 688. The summed E-state index contributed by atoms with van der Waals surface area (Å²) >= 11 is 1.86. The Kier molecular flexibility index (Phi) is 4.76. The van der Waals surface area contributed by atoms with Crippen molar-refractivity contribution in [3.05, 3.63) is 48.5 Å². The van der Waals surface area contributed by atoms with Crippen LogP contribution in [-0.2, 0) is 4.79 Å². The average molecular weight is 328 g/mol. The Morgan fingerprint density at radius 3 is 2.74 bits per heavy atom. The number of carbonyl (C=O) groups is 1. The van der Waals surface area contributed by atoms with E-state index in [4.69, 9.17) is 4.74 Å². The molecule has 5 heteroatoms. The molecule has 0 spiro atoms. The van der Waals surface area contributed by atoms with E-state index in [2.05, 4.69) is 29.3 Å². The fraction of sp³-hybridized carbons (Fsp3) is 0.278. The standard InChI is InChI=1S/C18H20N2O2S/c1-13-11-20(16-5-3-4-6-17(16)23-13)12-18(21)19-14-7-9-15(22-2)10-8-14/h3-10,13H,11-12H2,1-2H3,(H,19,21)/t13-/m0/s1. The second kappa shape index (κ2) is 6.96. The molecule has 0 aliphatic carbocycles. The van der Waals surface area contributed by atoms with Crippen LogP contribution < -0.4 is 15.0 Å². The SMILES string of the molecule is COc1ccc(NC(=O)CN2C[C@H](C)Sc3ccccc32)cc1. The normalized spacial score (nSPS) is 16.6. The van der Waals surface area contributed by atoms with Gasteiger partial charge in [-0.05, 0) is 36.4 Å². The minimum absolute atomic E-state index is 0.0101. The number of thioether (sulfide) groups is 1. The number of para-hydroxylation sites is 1. The third kappa shape index (κ3) is 3.79. The number of rotatable bonds is 4. The summed E-state index contributed by atoms with van der Waals surface area (Å²) in [5.74, 6) is 0.767. The van der Waals surface area contributed by atoms with Crippen LogP contribution in [-0.4, -0.2) is 31.4 Å². The lowest BCUT2D eigenvalue weighted by Crippen LogP contribution is -2.39. The molecule has 0 fully saturated rings. The number of benzene rings is 2. The number of ether oxygens (including phenoxy) is 1. The van der Waals surface area contributed by atoms with Crippen molar-refractivity contribution in [2.45, 2.75) is 17.1 Å². The van der Waals surface area contributed by atoms with Gasteiger partial charge < -0.3 is 15.0 Å². The molecule has 23 heavy (non-hydrogen) atoms. The number of amides is 1. The zero-order valence-electron chi connectivity index (χ0n) is 13.3. The monoisotopic (exact) mass is 328 g/mol. The molecule has 2 aromatic rings. The van der Waals surface area contributed by atoms with E-state index in [1.54, 1.807) is 7.11 Å². The van der Waals surface area contributed by atoms with Crippen molar-refractivity contribution in [3.63, 3.8) is 0 Å². The lowest BCUT2D eigenvalue weighted by molar-refractivity contribution is -0.115. The topological polar surface area (TPSA) is 41.6 Å². The molecule has 3 rings (SSSR count). The molecule has 120 valence electrons. The Labute approximate surface area is 140 Å². The predicted molar refractivity (Wildman–Crippen MR) is 95.6 cm³/mol. The summed E-state index contributed by atoms with van der Waals surface area (Å²) in [5, 5.41) is 3.41. The maximum Gasteiger partial charge on any atom is 0.243 e. The molecule has 1 heterocycles. The van der Waals surface area contributed by atoms with Crippen molar-refractivity contribution in [1.29, 1.82) is 0 Å². The smallest absolute Gasteiger partial charge is 0.243 e. The molecular weight excluding hydrogens is 308 g/mol. The maximum absolute atomic E-state index is 12.4. The van der Waals surface area contributed by atoms with E-state index in [0.29, 0.717) is 11.8 Å². The highest BCUT2D eigenvalue weighted by molar-refractivity contribution is 8.00. The van der Waals surface area contributed by atoms with Crippen LogP contribution in [0.3, 0.4) is 0 Å². The van der Waals surface area contributed by atoms with Crippen LogP contribution in [0, 0.1) is 0 Å². The van der Waals surface area contributed by atoms with E-state index in [-0.39, 0.29) is 5.91 Å². The van der Waals surface area contributed by atoms with E-state index in [0.717, 1.165) is 23.7 Å². The van der Waals surface area contributed by atoms with Crippen LogP contribution in [0.4, 0.5) is 11.4 Å². The van der Waals surface area contributed by atoms with Crippen molar-refractivity contribution in [1.82, 2.24) is 0 Å². The van der Waals surface area contributed by atoms with Crippen LogP contribution in [0.5, 0.6) is 5.75 Å². The first-order valence-electron chi connectivity index (χ1n) is 7.60. The van der Waals surface area contributed by atoms with Gasteiger partial charge in [-0.2, -0.15) is 0 Å². The molecule has 1 N–H and O–H groups in total. The van der Waals surface area contributed by atoms with Crippen molar-refractivity contribution in [2.24, 2.45) is 0 Å². The Morgan fingerprint density at radius 1 is 1.26 bits per heavy atom. The third-order valence-electron chi connectivity index (χ3n) is 3.72. The summed E-state index contributed by atoms with van der Waals surface area (Å²) in [7, 11) is 1.63. The van der Waals surface area contributed by atoms with Gasteiger partial charge >= 0.3 is 0 Å². The summed E-state index contributed by atoms with van der Waals surface area (Å²) in [6.07, 6.45) is 0. The molecular formula is C18H20N2O2S. The summed E-state index contributed by atoms with van der Waals surface area (Å²) in [6, 6.07) is 15.6. The molecule has 0 bridgehead atoms. The van der Waals surface area contributed by atoms with E-state index in [1.165, 1.54) is 4.90 Å². The van der Waals surface area contributed by atoms with Crippen molar-refractivity contribution >= 4 is 29.0 Å². The highest BCUT2D eigenvalue weighted by Crippen LogP contribution is 2.37. The summed E-state index contributed by atoms with van der Waals surface area (Å²) in [4.78, 5) is 15.7. The number of hydrogen-bond acceptors (Lipinski definition) is 4. The minimum Gasteiger partial charge on any atom is -0.497 e. The quantitative estimate of drug-likeness (QED) is 0.930. The number of carbonyl (C=O) groups excluding carboxylic acids is 1. The van der Waals surface area contributed by atoms with Gasteiger partial charge in [0.1, 0.15) is 5.75 Å². The number of hydrogen-bond donors (Lipinski definition) is 1. The molecule has 2 aromatic carbocycles. The fourth-order valence-electron chi connectivity index (χ4n) is 2.68. The number of methoxy groups -OCH3 is 1. The lowest BCUT2D eigenvalue weighted by atomic mass is 10.2. The number of nitrogens with one attached hydrogen (secondary N) is 1. The van der Waals surface area contributed by atoms with Gasteiger partial charge in [0.25, 0.3) is 0 Å². The molecule has 0 aromatic heterocycles. The Balaban J connectivity index is 1.67. The molecule has 1 atom stereocenters. The zero-order valence-corrected chi connectivity index (χ0v) is 14.1. The van der Waals surface area contributed by atoms with Gasteiger partial charge in [-0.15, -0.1) is 11.8 Å². The highest BCUT2D eigenvalue weighted by Gasteiger charge is 2.23. The lowest BCUT2D eigenvalue weighted by Gasteiger charge is -2.33. The van der Waals surface area contributed by atoms with Crippen LogP contribution in [0.2, 0.25) is 0 Å². The molecule has 1 aliphatic rings. The second-order valence-electron chi connectivity index (χ2n) is 5.55. The second-order valence-corrected chi connectivity index (χ2v) is 7.03. The summed E-state index contributed by atoms with van der Waals surface area (Å²) in [6.45, 7) is 3.42. The first-order chi connectivity index (χ1) is 11.2. The molecule has 0 saturated carbocycles. The highest BCUT2D eigenvalue weighted by atomic mass is 32.2. The largest absolute Gasteiger partial charge is 0.497 e. The first kappa shape index (κ1) is 15.7.